The van der Waals surface area contributed by atoms with Gasteiger partial charge in [-0.05, 0) is 41.5 Å². The average molecular weight is 375 g/mol. The molecule has 0 aromatic heterocycles. The zero-order valence-electron chi connectivity index (χ0n) is 16.2. The highest BCUT2D eigenvalue weighted by Gasteiger charge is 2.07. The van der Waals surface area contributed by atoms with Gasteiger partial charge in [0.25, 0.3) is 0 Å². The third-order valence-electron chi connectivity index (χ3n) is 2.44. The van der Waals surface area contributed by atoms with E-state index in [0.717, 1.165) is 12.2 Å². The Morgan fingerprint density at radius 2 is 0.885 bits per heavy atom. The van der Waals surface area contributed by atoms with Crippen molar-refractivity contribution in [1.29, 1.82) is 0 Å². The summed E-state index contributed by atoms with van der Waals surface area (Å²) in [6.07, 6.45) is 2.25. The first-order valence-electron chi connectivity index (χ1n) is 8.27. The van der Waals surface area contributed by atoms with Crippen LogP contribution in [0, 0.1) is 0 Å². The van der Waals surface area contributed by atoms with Gasteiger partial charge in [0.15, 0.2) is 0 Å². The average Bonchev–Trinajstić information content (AvgIpc) is 2.56. The summed E-state index contributed by atoms with van der Waals surface area (Å²) in [6.45, 7) is 11.0. The quantitative estimate of drug-likeness (QED) is 0.362. The van der Waals surface area contributed by atoms with Gasteiger partial charge in [0.05, 0.1) is 26.4 Å². The lowest BCUT2D eigenvalue weighted by Gasteiger charge is -2.01. The van der Waals surface area contributed by atoms with Gasteiger partial charge in [-0.15, -0.1) is 0 Å². The predicted molar refractivity (Wildman–Crippen MR) is 96.2 cm³/mol. The van der Waals surface area contributed by atoms with E-state index in [9.17, 15) is 19.2 Å². The molecule has 0 aliphatic heterocycles. The van der Waals surface area contributed by atoms with Crippen LogP contribution < -0.4 is 0 Å². The highest BCUT2D eigenvalue weighted by molar-refractivity contribution is 5.96. The normalized spacial score (nSPS) is 10.8. The summed E-state index contributed by atoms with van der Waals surface area (Å²) in [7, 11) is 0. The molecule has 0 unspecified atom stereocenters. The van der Waals surface area contributed by atoms with E-state index < -0.39 is 23.9 Å². The molecule has 0 N–H and O–H groups in total. The molecule has 0 saturated carbocycles. The maximum atomic E-state index is 11.0. The SMILES string of the molecule is CCOC(=O)/C=C(/C)C(=O)OCC.CCOC(=O)/C=C(\C)C(=O)OCC.[2HH]. The van der Waals surface area contributed by atoms with Crippen molar-refractivity contribution in [3.8, 4) is 0 Å². The minimum atomic E-state index is -0.520. The van der Waals surface area contributed by atoms with Gasteiger partial charge in [-0.3, -0.25) is 0 Å². The van der Waals surface area contributed by atoms with Crippen molar-refractivity contribution in [1.82, 2.24) is 0 Å². The molecule has 8 nitrogen and oxygen atoms in total. The molecule has 26 heavy (non-hydrogen) atoms. The topological polar surface area (TPSA) is 105 Å². The molecule has 8 heteroatoms. The Labute approximate surface area is 155 Å². The molecule has 0 heterocycles. The Bertz CT molecular complexity index is 489. The minimum absolute atomic E-state index is 0. The predicted octanol–water partition coefficient (Wildman–Crippen LogP) is 2.36. The van der Waals surface area contributed by atoms with E-state index in [1.165, 1.54) is 13.8 Å². The highest BCUT2D eigenvalue weighted by atomic mass is 16.5. The van der Waals surface area contributed by atoms with Crippen molar-refractivity contribution in [3.05, 3.63) is 23.3 Å². The molecule has 0 radical (unpaired) electrons. The third kappa shape index (κ3) is 13.8. The third-order valence-corrected chi connectivity index (χ3v) is 2.44. The van der Waals surface area contributed by atoms with E-state index in [2.05, 4.69) is 18.9 Å². The van der Waals surface area contributed by atoms with Crippen LogP contribution in [0.5, 0.6) is 0 Å². The van der Waals surface area contributed by atoms with Crippen molar-refractivity contribution in [3.63, 3.8) is 0 Å². The molecule has 0 aliphatic rings. The Balaban J connectivity index is -0.000000411. The smallest absolute Gasteiger partial charge is 0.333 e. The van der Waals surface area contributed by atoms with Crippen molar-refractivity contribution in [2.24, 2.45) is 0 Å². The number of esters is 4. The fourth-order valence-corrected chi connectivity index (χ4v) is 1.33. The number of hydrogen-bond acceptors (Lipinski definition) is 8. The summed E-state index contributed by atoms with van der Waals surface area (Å²) in [5.41, 5.74) is 0.501. The summed E-state index contributed by atoms with van der Waals surface area (Å²) in [5.74, 6) is -2.02. The largest absolute Gasteiger partial charge is 0.463 e. The first kappa shape index (κ1) is 25.6. The van der Waals surface area contributed by atoms with Gasteiger partial charge < -0.3 is 18.9 Å². The van der Waals surface area contributed by atoms with Gasteiger partial charge in [-0.25, -0.2) is 19.2 Å². The molecule has 0 aliphatic carbocycles. The molecule has 0 spiro atoms. The van der Waals surface area contributed by atoms with Gasteiger partial charge in [-0.1, -0.05) is 0 Å². The Hall–Kier alpha value is -2.64. The van der Waals surface area contributed by atoms with E-state index >= 15 is 0 Å². The number of rotatable bonds is 8. The van der Waals surface area contributed by atoms with Gasteiger partial charge in [0.2, 0.25) is 0 Å². The molecule has 0 amide bonds. The molecule has 0 aromatic carbocycles. The Kier molecular flexibility index (Phi) is 15.6. The molecule has 0 rings (SSSR count). The molecular formula is C18H30O8. The van der Waals surface area contributed by atoms with E-state index in [0.29, 0.717) is 26.4 Å². The van der Waals surface area contributed by atoms with Crippen molar-refractivity contribution in [2.45, 2.75) is 41.5 Å². The molecule has 0 atom stereocenters. The maximum absolute atomic E-state index is 11.0. The minimum Gasteiger partial charge on any atom is -0.463 e. The van der Waals surface area contributed by atoms with E-state index in [-0.39, 0.29) is 12.6 Å². The lowest BCUT2D eigenvalue weighted by molar-refractivity contribution is -0.140. The lowest BCUT2D eigenvalue weighted by Crippen LogP contribution is -2.08. The number of carbonyl (C=O) groups excluding carboxylic acids is 4. The fourth-order valence-electron chi connectivity index (χ4n) is 1.33. The number of carbonyl (C=O) groups is 4. The van der Waals surface area contributed by atoms with Crippen molar-refractivity contribution in [2.75, 3.05) is 26.4 Å². The molecular weight excluding hydrogens is 344 g/mol. The van der Waals surface area contributed by atoms with Gasteiger partial charge in [-0.2, -0.15) is 0 Å². The maximum Gasteiger partial charge on any atom is 0.333 e. The van der Waals surface area contributed by atoms with Crippen LogP contribution in [-0.2, 0) is 38.1 Å². The van der Waals surface area contributed by atoms with Crippen LogP contribution in [0.15, 0.2) is 23.3 Å². The Morgan fingerprint density at radius 1 is 0.615 bits per heavy atom. The molecule has 0 bridgehead atoms. The molecule has 0 aromatic rings. The fraction of sp³-hybridized carbons (Fsp3) is 0.556. The van der Waals surface area contributed by atoms with Crippen LogP contribution in [0.25, 0.3) is 0 Å². The highest BCUT2D eigenvalue weighted by Crippen LogP contribution is 1.98. The van der Waals surface area contributed by atoms with Crippen LogP contribution >= 0.6 is 0 Å². The summed E-state index contributed by atoms with van der Waals surface area (Å²) in [6, 6.07) is 0. The Morgan fingerprint density at radius 3 is 1.12 bits per heavy atom. The zero-order valence-corrected chi connectivity index (χ0v) is 16.2. The summed E-state index contributed by atoms with van der Waals surface area (Å²) >= 11 is 0. The van der Waals surface area contributed by atoms with Crippen LogP contribution in [0.1, 0.15) is 43.0 Å². The molecule has 150 valence electrons. The number of ether oxygens (including phenoxy) is 4. The van der Waals surface area contributed by atoms with Crippen LogP contribution in [0.4, 0.5) is 0 Å². The monoisotopic (exact) mass is 375 g/mol. The second kappa shape index (κ2) is 15.9. The summed E-state index contributed by atoms with van der Waals surface area (Å²) < 4.78 is 18.6. The van der Waals surface area contributed by atoms with Gasteiger partial charge >= 0.3 is 23.9 Å². The first-order valence-corrected chi connectivity index (χ1v) is 8.27. The van der Waals surface area contributed by atoms with Crippen molar-refractivity contribution >= 4 is 23.9 Å². The van der Waals surface area contributed by atoms with Crippen LogP contribution in [0.3, 0.4) is 0 Å². The van der Waals surface area contributed by atoms with Crippen LogP contribution in [0.2, 0.25) is 0 Å². The van der Waals surface area contributed by atoms with Crippen LogP contribution in [-0.4, -0.2) is 50.3 Å². The summed E-state index contributed by atoms with van der Waals surface area (Å²) in [5, 5.41) is 0. The lowest BCUT2D eigenvalue weighted by atomic mass is 10.3. The summed E-state index contributed by atoms with van der Waals surface area (Å²) in [4.78, 5) is 43.7. The zero-order chi connectivity index (χ0) is 20.5. The second-order valence-electron chi connectivity index (χ2n) is 4.60. The van der Waals surface area contributed by atoms with E-state index in [1.54, 1.807) is 27.7 Å². The van der Waals surface area contributed by atoms with Gasteiger partial charge in [0.1, 0.15) is 0 Å². The molecule has 0 saturated heterocycles. The second-order valence-corrected chi connectivity index (χ2v) is 4.60. The van der Waals surface area contributed by atoms with Gasteiger partial charge in [0, 0.05) is 24.7 Å². The standard InChI is InChI=1S/2C9H14O4.H2/c2*1-4-12-8(10)6-7(3)9(11)13-5-2;/h2*6H,4-5H2,1-3H3;1H/b7-6+;7-6-;/i;;1+1. The molecule has 0 fully saturated rings. The van der Waals surface area contributed by atoms with Crippen molar-refractivity contribution < 1.29 is 39.6 Å². The number of hydrogen-bond donors (Lipinski definition) is 0. The van der Waals surface area contributed by atoms with E-state index in [4.69, 9.17) is 0 Å². The van der Waals surface area contributed by atoms with E-state index in [1.807, 2.05) is 0 Å². The first-order chi connectivity index (χ1) is 12.2.